The summed E-state index contributed by atoms with van der Waals surface area (Å²) < 4.78 is 0. The van der Waals surface area contributed by atoms with Crippen LogP contribution in [0.4, 0.5) is 5.69 Å². The second-order valence-electron chi connectivity index (χ2n) is 5.65. The van der Waals surface area contributed by atoms with Gasteiger partial charge in [-0.05, 0) is 43.5 Å². The molecule has 21 heavy (non-hydrogen) atoms. The lowest BCUT2D eigenvalue weighted by molar-refractivity contribution is -0.117. The maximum absolute atomic E-state index is 12.0. The van der Waals surface area contributed by atoms with Gasteiger partial charge in [-0.1, -0.05) is 6.92 Å². The summed E-state index contributed by atoms with van der Waals surface area (Å²) in [6, 6.07) is 5.24. The Balaban J connectivity index is 2.50. The lowest BCUT2D eigenvalue weighted by atomic mass is 9.83. The minimum atomic E-state index is -0.181. The summed E-state index contributed by atoms with van der Waals surface area (Å²) in [4.78, 5) is 25.7. The van der Waals surface area contributed by atoms with E-state index in [0.717, 1.165) is 11.3 Å². The van der Waals surface area contributed by atoms with Crippen LogP contribution in [0.15, 0.2) is 18.2 Å². The fourth-order valence-corrected chi connectivity index (χ4v) is 2.94. The Morgan fingerprint density at radius 2 is 2.00 bits per heavy atom. The second-order valence-corrected chi connectivity index (χ2v) is 5.65. The van der Waals surface area contributed by atoms with Crippen LogP contribution in [-0.4, -0.2) is 24.4 Å². The van der Waals surface area contributed by atoms with Gasteiger partial charge < -0.3 is 16.0 Å². The van der Waals surface area contributed by atoms with Crippen molar-refractivity contribution in [3.8, 4) is 0 Å². The number of benzene rings is 1. The number of anilines is 1. The predicted molar refractivity (Wildman–Crippen MR) is 83.2 cm³/mol. The fraction of sp³-hybridized carbons (Fsp3) is 0.500. The van der Waals surface area contributed by atoms with Crippen LogP contribution in [0, 0.1) is 5.92 Å². The number of nitrogens with zero attached hydrogens (tertiary/aromatic N) is 1. The highest BCUT2D eigenvalue weighted by Gasteiger charge is 2.36. The number of nitrogens with one attached hydrogen (secondary N) is 1. The Morgan fingerprint density at radius 3 is 2.57 bits per heavy atom. The van der Waals surface area contributed by atoms with Crippen molar-refractivity contribution >= 4 is 17.5 Å². The molecule has 1 aromatic carbocycles. The van der Waals surface area contributed by atoms with Crippen LogP contribution >= 0.6 is 0 Å². The highest BCUT2D eigenvalue weighted by Crippen LogP contribution is 2.39. The van der Waals surface area contributed by atoms with Crippen LogP contribution in [0.2, 0.25) is 0 Å². The number of amides is 2. The fourth-order valence-electron chi connectivity index (χ4n) is 2.94. The smallest absolute Gasteiger partial charge is 0.251 e. The molecule has 0 radical (unpaired) electrons. The number of hydrogen-bond acceptors (Lipinski definition) is 3. The Kier molecular flexibility index (Phi) is 4.32. The topological polar surface area (TPSA) is 75.4 Å². The van der Waals surface area contributed by atoms with Crippen LogP contribution in [-0.2, 0) is 4.79 Å². The lowest BCUT2D eigenvalue weighted by Gasteiger charge is -2.42. The van der Waals surface area contributed by atoms with E-state index in [1.165, 1.54) is 0 Å². The van der Waals surface area contributed by atoms with Gasteiger partial charge in [-0.25, -0.2) is 0 Å². The predicted octanol–water partition coefficient (Wildman–Crippen LogP) is 1.83. The first-order valence-electron chi connectivity index (χ1n) is 7.36. The maximum Gasteiger partial charge on any atom is 0.251 e. The number of nitrogens with two attached hydrogens (primary N) is 1. The van der Waals surface area contributed by atoms with Crippen LogP contribution in [0.1, 0.15) is 49.7 Å². The standard InChI is InChI=1S/C16H23N3O2/c1-5-18-16(21)12-6-7-14-13(8-12)15(17)9(2)10(3)19(14)11(4)20/h6-10,15H,5,17H2,1-4H3,(H,18,21)/t9-,10-,15+/m0/s1. The van der Waals surface area contributed by atoms with E-state index in [1.54, 1.807) is 17.9 Å². The van der Waals surface area contributed by atoms with Gasteiger partial charge in [0.15, 0.2) is 0 Å². The van der Waals surface area contributed by atoms with Crippen molar-refractivity contribution < 1.29 is 9.59 Å². The maximum atomic E-state index is 12.0. The van der Waals surface area contributed by atoms with Gasteiger partial charge in [0.1, 0.15) is 0 Å². The normalized spacial score (nSPS) is 24.4. The summed E-state index contributed by atoms with van der Waals surface area (Å²) in [5.74, 6) is 0.00676. The van der Waals surface area contributed by atoms with E-state index < -0.39 is 0 Å². The molecular weight excluding hydrogens is 266 g/mol. The highest BCUT2D eigenvalue weighted by molar-refractivity contribution is 5.97. The van der Waals surface area contributed by atoms with Crippen LogP contribution < -0.4 is 16.0 Å². The molecule has 5 nitrogen and oxygen atoms in total. The molecule has 5 heteroatoms. The molecule has 1 aliphatic rings. The molecule has 2 amide bonds. The van der Waals surface area contributed by atoms with E-state index in [-0.39, 0.29) is 29.8 Å². The Bertz CT molecular complexity index is 571. The van der Waals surface area contributed by atoms with Gasteiger partial charge in [-0.15, -0.1) is 0 Å². The van der Waals surface area contributed by atoms with Gasteiger partial charge in [-0.3, -0.25) is 9.59 Å². The summed E-state index contributed by atoms with van der Waals surface area (Å²) in [6.45, 7) is 8.05. The van der Waals surface area contributed by atoms with Crippen LogP contribution in [0.5, 0.6) is 0 Å². The molecule has 1 aliphatic heterocycles. The SMILES string of the molecule is CCNC(=O)c1ccc2c(c1)[C@H](N)[C@@H](C)[C@H](C)N2C(C)=O. The van der Waals surface area contributed by atoms with E-state index in [2.05, 4.69) is 5.32 Å². The highest BCUT2D eigenvalue weighted by atomic mass is 16.2. The van der Waals surface area contributed by atoms with E-state index in [1.807, 2.05) is 32.9 Å². The molecule has 0 fully saturated rings. The zero-order valence-corrected chi connectivity index (χ0v) is 13.0. The molecule has 1 heterocycles. The Morgan fingerprint density at radius 1 is 1.33 bits per heavy atom. The Hall–Kier alpha value is -1.88. The molecule has 3 atom stereocenters. The van der Waals surface area contributed by atoms with Gasteiger partial charge in [0, 0.05) is 36.8 Å². The molecule has 2 rings (SSSR count). The molecule has 0 aromatic heterocycles. The van der Waals surface area contributed by atoms with E-state index in [9.17, 15) is 9.59 Å². The van der Waals surface area contributed by atoms with Crippen molar-refractivity contribution in [2.45, 2.75) is 39.8 Å². The largest absolute Gasteiger partial charge is 0.352 e. The number of hydrogen-bond donors (Lipinski definition) is 2. The zero-order valence-electron chi connectivity index (χ0n) is 13.0. The molecule has 0 unspecified atom stereocenters. The van der Waals surface area contributed by atoms with E-state index in [0.29, 0.717) is 12.1 Å². The van der Waals surface area contributed by atoms with Crippen LogP contribution in [0.25, 0.3) is 0 Å². The molecule has 114 valence electrons. The monoisotopic (exact) mass is 289 g/mol. The molecular formula is C16H23N3O2. The van der Waals surface area contributed by atoms with Crippen molar-refractivity contribution in [1.82, 2.24) is 5.32 Å². The third kappa shape index (κ3) is 2.65. The second kappa shape index (κ2) is 5.85. The molecule has 0 bridgehead atoms. The van der Waals surface area contributed by atoms with Crippen molar-refractivity contribution in [3.05, 3.63) is 29.3 Å². The number of carbonyl (C=O) groups excluding carboxylic acids is 2. The summed E-state index contributed by atoms with van der Waals surface area (Å²) >= 11 is 0. The number of rotatable bonds is 2. The third-order valence-corrected chi connectivity index (χ3v) is 4.32. The van der Waals surface area contributed by atoms with Gasteiger partial charge in [0.2, 0.25) is 5.91 Å². The van der Waals surface area contributed by atoms with Gasteiger partial charge in [0.25, 0.3) is 5.91 Å². The average molecular weight is 289 g/mol. The summed E-state index contributed by atoms with van der Waals surface area (Å²) in [6.07, 6.45) is 0. The quantitative estimate of drug-likeness (QED) is 0.872. The van der Waals surface area contributed by atoms with E-state index in [4.69, 9.17) is 5.73 Å². The zero-order chi connectivity index (χ0) is 15.7. The Labute approximate surface area is 125 Å². The molecule has 0 saturated carbocycles. The summed E-state index contributed by atoms with van der Waals surface area (Å²) in [5.41, 5.74) is 8.57. The van der Waals surface area contributed by atoms with Crippen molar-refractivity contribution in [3.63, 3.8) is 0 Å². The van der Waals surface area contributed by atoms with Crippen LogP contribution in [0.3, 0.4) is 0 Å². The minimum absolute atomic E-state index is 0.00624. The first-order chi connectivity index (χ1) is 9.88. The first kappa shape index (κ1) is 15.5. The van der Waals surface area contributed by atoms with Gasteiger partial charge in [0.05, 0.1) is 0 Å². The molecule has 1 aromatic rings. The number of carbonyl (C=O) groups is 2. The first-order valence-corrected chi connectivity index (χ1v) is 7.36. The minimum Gasteiger partial charge on any atom is -0.352 e. The summed E-state index contributed by atoms with van der Waals surface area (Å²) in [7, 11) is 0. The van der Waals surface area contributed by atoms with Gasteiger partial charge >= 0.3 is 0 Å². The van der Waals surface area contributed by atoms with Crippen molar-refractivity contribution in [2.75, 3.05) is 11.4 Å². The molecule has 0 spiro atoms. The third-order valence-electron chi connectivity index (χ3n) is 4.32. The van der Waals surface area contributed by atoms with Crippen molar-refractivity contribution in [2.24, 2.45) is 11.7 Å². The molecule has 0 aliphatic carbocycles. The summed E-state index contributed by atoms with van der Waals surface area (Å²) in [5, 5.41) is 2.78. The average Bonchev–Trinajstić information content (AvgIpc) is 2.44. The number of fused-ring (bicyclic) bond motifs is 1. The van der Waals surface area contributed by atoms with Crippen molar-refractivity contribution in [1.29, 1.82) is 0 Å². The van der Waals surface area contributed by atoms with Gasteiger partial charge in [-0.2, -0.15) is 0 Å². The van der Waals surface area contributed by atoms with E-state index >= 15 is 0 Å². The molecule has 0 saturated heterocycles. The lowest BCUT2D eigenvalue weighted by Crippen LogP contribution is -2.48. The molecule has 3 N–H and O–H groups in total.